The van der Waals surface area contributed by atoms with Crippen LogP contribution in [0.4, 0.5) is 4.39 Å². The molecule has 0 spiro atoms. The molecule has 0 atom stereocenters. The lowest BCUT2D eigenvalue weighted by molar-refractivity contribution is 0.0632. The molecule has 4 rings (SSSR count). The second-order valence-corrected chi connectivity index (χ2v) is 8.07. The number of nitrogens with zero attached hydrogens (tertiary/aromatic N) is 2. The summed E-state index contributed by atoms with van der Waals surface area (Å²) in [4.78, 5) is 19.2. The van der Waals surface area contributed by atoms with E-state index in [1.807, 2.05) is 4.90 Å². The minimum absolute atomic E-state index is 0.160. The van der Waals surface area contributed by atoms with Gasteiger partial charge < -0.3 is 9.64 Å². The highest BCUT2D eigenvalue weighted by Crippen LogP contribution is 2.31. The molecule has 0 unspecified atom stereocenters. The molecule has 1 aliphatic carbocycles. The monoisotopic (exact) mass is 374 g/mol. The number of halogens is 1. The first-order chi connectivity index (χ1) is 12.6. The fraction of sp³-hybridized carbons (Fsp3) is 0.450. The Morgan fingerprint density at radius 1 is 1.19 bits per heavy atom. The maximum atomic E-state index is 13.5. The molecule has 1 saturated heterocycles. The topological polar surface area (TPSA) is 32.8 Å². The van der Waals surface area contributed by atoms with Crippen molar-refractivity contribution in [1.29, 1.82) is 0 Å². The van der Waals surface area contributed by atoms with Gasteiger partial charge in [-0.1, -0.05) is 0 Å². The third-order valence-electron chi connectivity index (χ3n) is 5.25. The molecule has 2 heterocycles. The number of ether oxygens (including phenoxy) is 1. The molecule has 6 heteroatoms. The van der Waals surface area contributed by atoms with Crippen molar-refractivity contribution in [2.24, 2.45) is 0 Å². The van der Waals surface area contributed by atoms with Crippen molar-refractivity contribution in [3.63, 3.8) is 0 Å². The predicted molar refractivity (Wildman–Crippen MR) is 100 cm³/mol. The van der Waals surface area contributed by atoms with Crippen LogP contribution < -0.4 is 4.74 Å². The van der Waals surface area contributed by atoms with E-state index >= 15 is 0 Å². The number of methoxy groups -OCH3 is 1. The largest absolute Gasteiger partial charge is 0.496 e. The van der Waals surface area contributed by atoms with E-state index in [0.717, 1.165) is 36.4 Å². The minimum atomic E-state index is -0.250. The van der Waals surface area contributed by atoms with Crippen molar-refractivity contribution < 1.29 is 13.9 Å². The van der Waals surface area contributed by atoms with Crippen molar-refractivity contribution >= 4 is 17.2 Å². The number of fused-ring (bicyclic) bond motifs is 1. The van der Waals surface area contributed by atoms with E-state index < -0.39 is 0 Å². The zero-order chi connectivity index (χ0) is 18.1. The van der Waals surface area contributed by atoms with Gasteiger partial charge in [-0.3, -0.25) is 9.69 Å². The molecule has 1 amide bonds. The number of carbonyl (C=O) groups is 1. The van der Waals surface area contributed by atoms with Crippen LogP contribution >= 0.6 is 11.3 Å². The standard InChI is InChI=1S/C20H23FN2O2S/c1-25-17-6-5-16(21)11-15(17)13-22-7-9-23(10-8-22)20(24)19-12-14-3-2-4-18(14)26-19/h5-6,11-12H,2-4,7-10,13H2,1H3. The molecule has 1 aliphatic heterocycles. The molecule has 4 nitrogen and oxygen atoms in total. The smallest absolute Gasteiger partial charge is 0.264 e. The first-order valence-electron chi connectivity index (χ1n) is 9.09. The molecule has 1 fully saturated rings. The molecular weight excluding hydrogens is 351 g/mol. The van der Waals surface area contributed by atoms with E-state index in [0.29, 0.717) is 25.4 Å². The molecular formula is C20H23FN2O2S. The Morgan fingerprint density at radius 2 is 2.00 bits per heavy atom. The highest BCUT2D eigenvalue weighted by Gasteiger charge is 2.26. The zero-order valence-electron chi connectivity index (χ0n) is 15.0. The van der Waals surface area contributed by atoms with Gasteiger partial charge in [0.2, 0.25) is 0 Å². The van der Waals surface area contributed by atoms with E-state index in [9.17, 15) is 9.18 Å². The van der Waals surface area contributed by atoms with Gasteiger partial charge in [0.05, 0.1) is 12.0 Å². The molecule has 2 aromatic rings. The Balaban J connectivity index is 1.36. The Kier molecular flexibility index (Phi) is 4.96. The molecule has 1 aromatic carbocycles. The first-order valence-corrected chi connectivity index (χ1v) is 9.91. The van der Waals surface area contributed by atoms with Crippen molar-refractivity contribution in [1.82, 2.24) is 9.80 Å². The average Bonchev–Trinajstić information content (AvgIpc) is 3.24. The number of rotatable bonds is 4. The Morgan fingerprint density at radius 3 is 2.73 bits per heavy atom. The summed E-state index contributed by atoms with van der Waals surface area (Å²) in [7, 11) is 1.60. The summed E-state index contributed by atoms with van der Waals surface area (Å²) in [5.74, 6) is 0.616. The summed E-state index contributed by atoms with van der Waals surface area (Å²) in [6.45, 7) is 3.63. The number of hydrogen-bond donors (Lipinski definition) is 0. The lowest BCUT2D eigenvalue weighted by Gasteiger charge is -2.34. The van der Waals surface area contributed by atoms with Gasteiger partial charge in [0, 0.05) is 43.2 Å². The average molecular weight is 374 g/mol. The van der Waals surface area contributed by atoms with Crippen LogP contribution in [0.25, 0.3) is 0 Å². The maximum Gasteiger partial charge on any atom is 0.264 e. The van der Waals surface area contributed by atoms with Gasteiger partial charge in [0.1, 0.15) is 11.6 Å². The third-order valence-corrected chi connectivity index (χ3v) is 6.48. The molecule has 26 heavy (non-hydrogen) atoms. The van der Waals surface area contributed by atoms with E-state index in [4.69, 9.17) is 4.74 Å². The predicted octanol–water partition coefficient (Wildman–Crippen LogP) is 3.34. The molecule has 0 radical (unpaired) electrons. The van der Waals surface area contributed by atoms with Crippen LogP contribution in [0.5, 0.6) is 5.75 Å². The maximum absolute atomic E-state index is 13.5. The minimum Gasteiger partial charge on any atom is -0.496 e. The molecule has 0 saturated carbocycles. The molecule has 1 aromatic heterocycles. The van der Waals surface area contributed by atoms with Crippen LogP contribution in [0, 0.1) is 5.82 Å². The van der Waals surface area contributed by atoms with E-state index in [1.54, 1.807) is 24.5 Å². The van der Waals surface area contributed by atoms with Crippen molar-refractivity contribution in [3.8, 4) is 5.75 Å². The van der Waals surface area contributed by atoms with E-state index in [1.165, 1.54) is 29.0 Å². The second kappa shape index (κ2) is 7.37. The Hall–Kier alpha value is -1.92. The molecule has 2 aliphatic rings. The Bertz CT molecular complexity index is 791. The molecule has 0 N–H and O–H groups in total. The second-order valence-electron chi connectivity index (χ2n) is 6.94. The Labute approximate surface area is 157 Å². The van der Waals surface area contributed by atoms with Gasteiger partial charge >= 0.3 is 0 Å². The first kappa shape index (κ1) is 17.5. The number of carbonyl (C=O) groups excluding carboxylic acids is 1. The number of thiophene rings is 1. The zero-order valence-corrected chi connectivity index (χ0v) is 15.8. The molecule has 138 valence electrons. The lowest BCUT2D eigenvalue weighted by atomic mass is 10.1. The van der Waals surface area contributed by atoms with Gasteiger partial charge in [-0.05, 0) is 49.1 Å². The van der Waals surface area contributed by atoms with Gasteiger partial charge in [0.25, 0.3) is 5.91 Å². The molecule has 0 bridgehead atoms. The number of amides is 1. The van der Waals surface area contributed by atoms with Gasteiger partial charge in [-0.25, -0.2) is 4.39 Å². The van der Waals surface area contributed by atoms with Gasteiger partial charge in [0.15, 0.2) is 0 Å². The fourth-order valence-electron chi connectivity index (χ4n) is 3.81. The van der Waals surface area contributed by atoms with Crippen LogP contribution in [0.1, 0.15) is 32.1 Å². The van der Waals surface area contributed by atoms with Gasteiger partial charge in [-0.2, -0.15) is 0 Å². The van der Waals surface area contributed by atoms with Crippen LogP contribution in [0.15, 0.2) is 24.3 Å². The summed E-state index contributed by atoms with van der Waals surface area (Å²) < 4.78 is 18.9. The summed E-state index contributed by atoms with van der Waals surface area (Å²) in [6.07, 6.45) is 3.46. The summed E-state index contributed by atoms with van der Waals surface area (Å²) in [6, 6.07) is 6.71. The number of piperazine rings is 1. The van der Waals surface area contributed by atoms with Crippen molar-refractivity contribution in [3.05, 3.63) is 51.0 Å². The summed E-state index contributed by atoms with van der Waals surface area (Å²) in [5, 5.41) is 0. The summed E-state index contributed by atoms with van der Waals surface area (Å²) >= 11 is 1.67. The van der Waals surface area contributed by atoms with Crippen LogP contribution in [-0.4, -0.2) is 49.0 Å². The van der Waals surface area contributed by atoms with Crippen molar-refractivity contribution in [2.45, 2.75) is 25.8 Å². The number of aryl methyl sites for hydroxylation is 2. The fourth-order valence-corrected chi connectivity index (χ4v) is 5.03. The normalized spacial score (nSPS) is 17.4. The van der Waals surface area contributed by atoms with Crippen LogP contribution in [0.3, 0.4) is 0 Å². The SMILES string of the molecule is COc1ccc(F)cc1CN1CCN(C(=O)c2cc3c(s2)CCC3)CC1. The highest BCUT2D eigenvalue weighted by molar-refractivity contribution is 7.14. The quantitative estimate of drug-likeness (QED) is 0.823. The van der Waals surface area contributed by atoms with Crippen LogP contribution in [-0.2, 0) is 19.4 Å². The number of hydrogen-bond acceptors (Lipinski definition) is 4. The van der Waals surface area contributed by atoms with E-state index in [2.05, 4.69) is 11.0 Å². The summed E-state index contributed by atoms with van der Waals surface area (Å²) in [5.41, 5.74) is 2.22. The van der Waals surface area contributed by atoms with Crippen molar-refractivity contribution in [2.75, 3.05) is 33.3 Å². The number of benzene rings is 1. The highest BCUT2D eigenvalue weighted by atomic mass is 32.1. The van der Waals surface area contributed by atoms with Crippen LogP contribution in [0.2, 0.25) is 0 Å². The lowest BCUT2D eigenvalue weighted by Crippen LogP contribution is -2.48. The van der Waals surface area contributed by atoms with E-state index in [-0.39, 0.29) is 11.7 Å². The third kappa shape index (κ3) is 3.48. The van der Waals surface area contributed by atoms with Gasteiger partial charge in [-0.15, -0.1) is 11.3 Å².